The third-order valence-electron chi connectivity index (χ3n) is 2.00. The molecule has 0 saturated carbocycles. The van der Waals surface area contributed by atoms with Gasteiger partial charge in [-0.2, -0.15) is 0 Å². The smallest absolute Gasteiger partial charge is 0.145 e. The largest absolute Gasteiger partial charge is 0.298 e. The van der Waals surface area contributed by atoms with Crippen LogP contribution in [0.1, 0.15) is 20.3 Å². The van der Waals surface area contributed by atoms with Crippen molar-refractivity contribution in [3.8, 4) is 0 Å². The molecule has 0 fully saturated rings. The molecule has 0 aromatic heterocycles. The fourth-order valence-electron chi connectivity index (χ4n) is 1.11. The molecule has 0 heterocycles. The summed E-state index contributed by atoms with van der Waals surface area (Å²) in [4.78, 5) is 12.3. The number of benzene rings is 1. The van der Waals surface area contributed by atoms with Crippen LogP contribution >= 0.6 is 35.0 Å². The van der Waals surface area contributed by atoms with Crippen molar-refractivity contribution >= 4 is 40.7 Å². The molecule has 0 aliphatic heterocycles. The lowest BCUT2D eigenvalue weighted by Crippen LogP contribution is -2.11. The summed E-state index contributed by atoms with van der Waals surface area (Å²) in [6, 6.07) is 5.31. The number of carbonyl (C=O) groups is 1. The van der Waals surface area contributed by atoms with E-state index in [1.165, 1.54) is 11.8 Å². The van der Waals surface area contributed by atoms with Crippen LogP contribution in [-0.2, 0) is 4.79 Å². The van der Waals surface area contributed by atoms with E-state index in [1.54, 1.807) is 12.1 Å². The zero-order valence-corrected chi connectivity index (χ0v) is 10.9. The van der Waals surface area contributed by atoms with Crippen molar-refractivity contribution in [1.29, 1.82) is 0 Å². The standard InChI is InChI=1S/C11H12Cl2OS/c1-3-10(14)7(2)15-11-5-4-8(12)6-9(11)13/h4-7H,3H2,1-2H3. The summed E-state index contributed by atoms with van der Waals surface area (Å²) in [5, 5.41) is 1.15. The fraction of sp³-hybridized carbons (Fsp3) is 0.364. The average Bonchev–Trinajstić information content (AvgIpc) is 2.20. The van der Waals surface area contributed by atoms with Gasteiger partial charge < -0.3 is 0 Å². The summed E-state index contributed by atoms with van der Waals surface area (Å²) in [6.45, 7) is 3.75. The highest BCUT2D eigenvalue weighted by Crippen LogP contribution is 2.32. The van der Waals surface area contributed by atoms with E-state index in [9.17, 15) is 4.79 Å². The Balaban J connectivity index is 2.76. The molecule has 1 rings (SSSR count). The van der Waals surface area contributed by atoms with Crippen molar-refractivity contribution in [3.63, 3.8) is 0 Å². The Morgan fingerprint density at radius 3 is 2.67 bits per heavy atom. The number of hydrogen-bond donors (Lipinski definition) is 0. The van der Waals surface area contributed by atoms with Crippen molar-refractivity contribution in [2.75, 3.05) is 0 Å². The lowest BCUT2D eigenvalue weighted by molar-refractivity contribution is -0.117. The van der Waals surface area contributed by atoms with E-state index in [0.717, 1.165) is 4.90 Å². The molecule has 4 heteroatoms. The number of thioether (sulfide) groups is 1. The summed E-state index contributed by atoms with van der Waals surface area (Å²) in [5.41, 5.74) is 0. The molecule has 0 aliphatic rings. The number of ketones is 1. The molecule has 0 aliphatic carbocycles. The second kappa shape index (κ2) is 5.78. The lowest BCUT2D eigenvalue weighted by Gasteiger charge is -2.10. The Labute approximate surface area is 104 Å². The Morgan fingerprint density at radius 2 is 2.13 bits per heavy atom. The number of hydrogen-bond acceptors (Lipinski definition) is 2. The number of carbonyl (C=O) groups excluding carboxylic acids is 1. The molecule has 1 unspecified atom stereocenters. The van der Waals surface area contributed by atoms with Crippen LogP contribution in [0.15, 0.2) is 23.1 Å². The highest BCUT2D eigenvalue weighted by atomic mass is 35.5. The van der Waals surface area contributed by atoms with Crippen LogP contribution in [0.4, 0.5) is 0 Å². The van der Waals surface area contributed by atoms with Crippen LogP contribution in [0.5, 0.6) is 0 Å². The van der Waals surface area contributed by atoms with E-state index in [1.807, 2.05) is 19.9 Å². The molecule has 1 atom stereocenters. The van der Waals surface area contributed by atoms with Crippen LogP contribution in [0, 0.1) is 0 Å². The van der Waals surface area contributed by atoms with E-state index < -0.39 is 0 Å². The van der Waals surface area contributed by atoms with Gasteiger partial charge >= 0.3 is 0 Å². The zero-order valence-electron chi connectivity index (χ0n) is 8.59. The number of rotatable bonds is 4. The minimum Gasteiger partial charge on any atom is -0.298 e. The first kappa shape index (κ1) is 12.9. The highest BCUT2D eigenvalue weighted by molar-refractivity contribution is 8.00. The molecule has 0 spiro atoms. The van der Waals surface area contributed by atoms with E-state index >= 15 is 0 Å². The first-order valence-electron chi connectivity index (χ1n) is 4.69. The third-order valence-corrected chi connectivity index (χ3v) is 3.89. The number of halogens is 2. The molecule has 15 heavy (non-hydrogen) atoms. The van der Waals surface area contributed by atoms with Gasteiger partial charge in [-0.15, -0.1) is 11.8 Å². The predicted molar refractivity (Wildman–Crippen MR) is 67.1 cm³/mol. The van der Waals surface area contributed by atoms with Gasteiger partial charge in [0.25, 0.3) is 0 Å². The summed E-state index contributed by atoms with van der Waals surface area (Å²) >= 11 is 13.3. The second-order valence-electron chi connectivity index (χ2n) is 3.15. The predicted octanol–water partition coefficient (Wildman–Crippen LogP) is 4.45. The summed E-state index contributed by atoms with van der Waals surface area (Å²) in [7, 11) is 0. The Bertz CT molecular complexity index is 366. The van der Waals surface area contributed by atoms with Gasteiger partial charge in [-0.25, -0.2) is 0 Å². The van der Waals surface area contributed by atoms with Gasteiger partial charge in [-0.3, -0.25) is 4.79 Å². The summed E-state index contributed by atoms with van der Waals surface area (Å²) in [6.07, 6.45) is 0.555. The normalized spacial score (nSPS) is 12.5. The molecule has 0 N–H and O–H groups in total. The highest BCUT2D eigenvalue weighted by Gasteiger charge is 2.13. The van der Waals surface area contributed by atoms with Crippen molar-refractivity contribution < 1.29 is 4.79 Å². The Kier molecular flexibility index (Phi) is 4.97. The summed E-state index contributed by atoms with van der Waals surface area (Å²) in [5.74, 6) is 0.228. The first-order valence-corrected chi connectivity index (χ1v) is 6.32. The van der Waals surface area contributed by atoms with Gasteiger partial charge in [0.15, 0.2) is 0 Å². The maximum atomic E-state index is 11.4. The van der Waals surface area contributed by atoms with Gasteiger partial charge in [0.05, 0.1) is 10.3 Å². The van der Waals surface area contributed by atoms with Crippen LogP contribution in [0.3, 0.4) is 0 Å². The molecular weight excluding hydrogens is 251 g/mol. The van der Waals surface area contributed by atoms with Gasteiger partial charge in [0, 0.05) is 16.3 Å². The average molecular weight is 263 g/mol. The number of Topliss-reactive ketones (excluding diaryl/α,β-unsaturated/α-hetero) is 1. The van der Waals surface area contributed by atoms with Crippen molar-refractivity contribution in [3.05, 3.63) is 28.2 Å². The van der Waals surface area contributed by atoms with Gasteiger partial charge in [0.2, 0.25) is 0 Å². The lowest BCUT2D eigenvalue weighted by atomic mass is 10.2. The second-order valence-corrected chi connectivity index (χ2v) is 5.38. The molecule has 1 aromatic carbocycles. The van der Waals surface area contributed by atoms with Gasteiger partial charge in [-0.05, 0) is 25.1 Å². The van der Waals surface area contributed by atoms with Crippen molar-refractivity contribution in [1.82, 2.24) is 0 Å². The molecule has 82 valence electrons. The molecule has 0 bridgehead atoms. The Morgan fingerprint density at radius 1 is 1.47 bits per heavy atom. The molecule has 0 amide bonds. The molecule has 1 nitrogen and oxygen atoms in total. The maximum Gasteiger partial charge on any atom is 0.145 e. The van der Waals surface area contributed by atoms with Crippen LogP contribution in [0.25, 0.3) is 0 Å². The Hall–Kier alpha value is -0.180. The van der Waals surface area contributed by atoms with Crippen molar-refractivity contribution in [2.24, 2.45) is 0 Å². The minimum absolute atomic E-state index is 0.0614. The zero-order chi connectivity index (χ0) is 11.4. The SMILES string of the molecule is CCC(=O)C(C)Sc1ccc(Cl)cc1Cl. The minimum atomic E-state index is -0.0614. The van der Waals surface area contributed by atoms with Gasteiger partial charge in [0.1, 0.15) is 5.78 Å². The van der Waals surface area contributed by atoms with E-state index in [-0.39, 0.29) is 11.0 Å². The van der Waals surface area contributed by atoms with Crippen LogP contribution in [-0.4, -0.2) is 11.0 Å². The van der Waals surface area contributed by atoms with Gasteiger partial charge in [-0.1, -0.05) is 30.1 Å². The third kappa shape index (κ3) is 3.71. The van der Waals surface area contributed by atoms with E-state index in [0.29, 0.717) is 16.5 Å². The van der Waals surface area contributed by atoms with Crippen molar-refractivity contribution in [2.45, 2.75) is 30.4 Å². The quantitative estimate of drug-likeness (QED) is 0.746. The molecule has 0 radical (unpaired) electrons. The van der Waals surface area contributed by atoms with Crippen LogP contribution in [0.2, 0.25) is 10.0 Å². The van der Waals surface area contributed by atoms with Crippen LogP contribution < -0.4 is 0 Å². The fourth-order valence-corrected chi connectivity index (χ4v) is 2.65. The molecule has 1 aromatic rings. The van der Waals surface area contributed by atoms with E-state index in [2.05, 4.69) is 0 Å². The summed E-state index contributed by atoms with van der Waals surface area (Å²) < 4.78 is 0. The molecular formula is C11H12Cl2OS. The first-order chi connectivity index (χ1) is 7.04. The molecule has 0 saturated heterocycles. The topological polar surface area (TPSA) is 17.1 Å². The monoisotopic (exact) mass is 262 g/mol. The van der Waals surface area contributed by atoms with E-state index in [4.69, 9.17) is 23.2 Å². The maximum absolute atomic E-state index is 11.4.